The maximum atomic E-state index is 11.5. The van der Waals surface area contributed by atoms with Crippen LogP contribution < -0.4 is 11.1 Å². The molecule has 2 aromatic heterocycles. The molecule has 7 nitrogen and oxygen atoms in total. The summed E-state index contributed by atoms with van der Waals surface area (Å²) in [7, 11) is 0. The number of hydrogen-bond acceptors (Lipinski definition) is 6. The van der Waals surface area contributed by atoms with Gasteiger partial charge in [0.1, 0.15) is 12.9 Å². The normalized spacial score (nSPS) is 10.4. The van der Waals surface area contributed by atoms with Crippen LogP contribution in [0.25, 0.3) is 0 Å². The molecule has 0 saturated carbocycles. The number of aryl methyl sites for hydroxylation is 1. The molecule has 0 radical (unpaired) electrons. The molecule has 0 spiro atoms. The molecular weight excluding hydrogens is 240 g/mol. The zero-order valence-electron chi connectivity index (χ0n) is 9.25. The number of anilines is 1. The first-order chi connectivity index (χ1) is 8.13. The van der Waals surface area contributed by atoms with E-state index in [1.54, 1.807) is 17.5 Å². The second kappa shape index (κ2) is 4.91. The second-order valence-corrected chi connectivity index (χ2v) is 4.74. The van der Waals surface area contributed by atoms with Crippen LogP contribution in [0.2, 0.25) is 0 Å². The zero-order valence-corrected chi connectivity index (χ0v) is 10.1. The number of rotatable bonds is 4. The maximum absolute atomic E-state index is 11.5. The molecule has 2 aromatic rings. The van der Waals surface area contributed by atoms with Gasteiger partial charge in [-0.3, -0.25) is 4.79 Å². The standard InChI is InChI=1S/C9H12N6OS/c1-6-11-2-7(17-6)3-12-8(16)4-15-5-13-9(10)14-15/h2,5H,3-4H2,1H3,(H2,10,14)(H,12,16). The van der Waals surface area contributed by atoms with Gasteiger partial charge in [-0.2, -0.15) is 0 Å². The summed E-state index contributed by atoms with van der Waals surface area (Å²) in [6.07, 6.45) is 3.18. The third-order valence-corrected chi connectivity index (χ3v) is 2.90. The number of aromatic nitrogens is 4. The van der Waals surface area contributed by atoms with Crippen molar-refractivity contribution in [3.05, 3.63) is 22.4 Å². The topological polar surface area (TPSA) is 98.7 Å². The number of nitrogens with one attached hydrogen (secondary N) is 1. The van der Waals surface area contributed by atoms with Crippen molar-refractivity contribution in [1.82, 2.24) is 25.1 Å². The third-order valence-electron chi connectivity index (χ3n) is 1.99. The molecule has 90 valence electrons. The summed E-state index contributed by atoms with van der Waals surface area (Å²) >= 11 is 1.56. The van der Waals surface area contributed by atoms with Crippen molar-refractivity contribution in [2.75, 3.05) is 5.73 Å². The zero-order chi connectivity index (χ0) is 12.3. The smallest absolute Gasteiger partial charge is 0.242 e. The van der Waals surface area contributed by atoms with Crippen LogP contribution in [0, 0.1) is 6.92 Å². The van der Waals surface area contributed by atoms with Crippen LogP contribution in [0.5, 0.6) is 0 Å². The summed E-state index contributed by atoms with van der Waals surface area (Å²) in [6.45, 7) is 2.52. The van der Waals surface area contributed by atoms with E-state index in [0.29, 0.717) is 6.54 Å². The number of carbonyl (C=O) groups is 1. The Labute approximate surface area is 102 Å². The second-order valence-electron chi connectivity index (χ2n) is 3.42. The summed E-state index contributed by atoms with van der Waals surface area (Å²) in [5.41, 5.74) is 5.34. The van der Waals surface area contributed by atoms with Crippen molar-refractivity contribution in [3.8, 4) is 0 Å². The van der Waals surface area contributed by atoms with Crippen LogP contribution in [0.4, 0.5) is 5.95 Å². The van der Waals surface area contributed by atoms with Crippen LogP contribution in [-0.2, 0) is 17.9 Å². The average molecular weight is 252 g/mol. The Morgan fingerprint density at radius 3 is 3.00 bits per heavy atom. The molecule has 0 unspecified atom stereocenters. The van der Waals surface area contributed by atoms with Gasteiger partial charge in [-0.15, -0.1) is 16.4 Å². The lowest BCUT2D eigenvalue weighted by molar-refractivity contribution is -0.122. The first-order valence-corrected chi connectivity index (χ1v) is 5.78. The third kappa shape index (κ3) is 3.25. The number of carbonyl (C=O) groups excluding carboxylic acids is 1. The maximum Gasteiger partial charge on any atom is 0.242 e. The van der Waals surface area contributed by atoms with Gasteiger partial charge in [-0.25, -0.2) is 14.6 Å². The van der Waals surface area contributed by atoms with E-state index in [9.17, 15) is 4.79 Å². The minimum atomic E-state index is -0.138. The lowest BCUT2D eigenvalue weighted by Gasteiger charge is -2.02. The Hall–Kier alpha value is -1.96. The minimum Gasteiger partial charge on any atom is -0.367 e. The fourth-order valence-electron chi connectivity index (χ4n) is 1.26. The highest BCUT2D eigenvalue weighted by molar-refractivity contribution is 7.11. The number of amides is 1. The molecule has 8 heteroatoms. The molecular formula is C9H12N6OS. The summed E-state index contributed by atoms with van der Waals surface area (Å²) in [5.74, 6) is 0.0248. The molecule has 0 aliphatic rings. The highest BCUT2D eigenvalue weighted by Crippen LogP contribution is 2.10. The number of nitrogens with two attached hydrogens (primary N) is 1. The van der Waals surface area contributed by atoms with E-state index >= 15 is 0 Å². The lowest BCUT2D eigenvalue weighted by Crippen LogP contribution is -2.27. The molecule has 0 aliphatic carbocycles. The fourth-order valence-corrected chi connectivity index (χ4v) is 2.00. The monoisotopic (exact) mass is 252 g/mol. The molecule has 0 aromatic carbocycles. The molecule has 0 saturated heterocycles. The Morgan fingerprint density at radius 1 is 1.59 bits per heavy atom. The summed E-state index contributed by atoms with van der Waals surface area (Å²) in [4.78, 5) is 20.4. The van der Waals surface area contributed by atoms with Crippen molar-refractivity contribution < 1.29 is 4.79 Å². The van der Waals surface area contributed by atoms with Crippen molar-refractivity contribution >= 4 is 23.2 Å². The molecule has 3 N–H and O–H groups in total. The van der Waals surface area contributed by atoms with Crippen LogP contribution in [0.15, 0.2) is 12.5 Å². The predicted octanol–water partition coefficient (Wildman–Crippen LogP) is -0.0584. The van der Waals surface area contributed by atoms with E-state index < -0.39 is 0 Å². The van der Waals surface area contributed by atoms with Gasteiger partial charge in [0.15, 0.2) is 0 Å². The first kappa shape index (κ1) is 11.5. The molecule has 2 rings (SSSR count). The Kier molecular flexibility index (Phi) is 3.33. The van der Waals surface area contributed by atoms with Crippen LogP contribution in [0.3, 0.4) is 0 Å². The summed E-state index contributed by atoms with van der Waals surface area (Å²) in [6, 6.07) is 0. The quantitative estimate of drug-likeness (QED) is 0.794. The van der Waals surface area contributed by atoms with Crippen molar-refractivity contribution in [3.63, 3.8) is 0 Å². The van der Waals surface area contributed by atoms with Gasteiger partial charge in [0.25, 0.3) is 0 Å². The molecule has 0 atom stereocenters. The van der Waals surface area contributed by atoms with Crippen LogP contribution in [0.1, 0.15) is 9.88 Å². The van der Waals surface area contributed by atoms with Crippen molar-refractivity contribution in [2.24, 2.45) is 0 Å². The predicted molar refractivity (Wildman–Crippen MR) is 63.1 cm³/mol. The van der Waals surface area contributed by atoms with Gasteiger partial charge in [-0.05, 0) is 6.92 Å². The van der Waals surface area contributed by atoms with Gasteiger partial charge in [0.2, 0.25) is 11.9 Å². The Morgan fingerprint density at radius 2 is 2.41 bits per heavy atom. The van der Waals surface area contributed by atoms with Crippen LogP contribution in [-0.4, -0.2) is 25.7 Å². The summed E-state index contributed by atoms with van der Waals surface area (Å²) in [5, 5.41) is 7.58. The number of thiazole rings is 1. The highest BCUT2D eigenvalue weighted by Gasteiger charge is 2.05. The highest BCUT2D eigenvalue weighted by atomic mass is 32.1. The molecule has 0 aliphatic heterocycles. The van der Waals surface area contributed by atoms with E-state index in [4.69, 9.17) is 5.73 Å². The molecule has 1 amide bonds. The Bertz CT molecular complexity index is 519. The van der Waals surface area contributed by atoms with Gasteiger partial charge in [0, 0.05) is 11.1 Å². The first-order valence-electron chi connectivity index (χ1n) is 4.96. The fraction of sp³-hybridized carbons (Fsp3) is 0.333. The molecule has 0 bridgehead atoms. The number of nitrogens with zero attached hydrogens (tertiary/aromatic N) is 4. The van der Waals surface area contributed by atoms with E-state index in [2.05, 4.69) is 20.4 Å². The van der Waals surface area contributed by atoms with Crippen molar-refractivity contribution in [1.29, 1.82) is 0 Å². The SMILES string of the molecule is Cc1ncc(CNC(=O)Cn2cnc(N)n2)s1. The number of nitrogen functional groups attached to an aromatic ring is 1. The molecule has 2 heterocycles. The van der Waals surface area contributed by atoms with E-state index in [0.717, 1.165) is 9.88 Å². The molecule has 17 heavy (non-hydrogen) atoms. The minimum absolute atomic E-state index is 0.113. The van der Waals surface area contributed by atoms with Gasteiger partial charge in [-0.1, -0.05) is 0 Å². The average Bonchev–Trinajstić information content (AvgIpc) is 2.85. The largest absolute Gasteiger partial charge is 0.367 e. The van der Waals surface area contributed by atoms with Gasteiger partial charge in [0.05, 0.1) is 11.6 Å². The van der Waals surface area contributed by atoms with Gasteiger partial charge < -0.3 is 11.1 Å². The lowest BCUT2D eigenvalue weighted by atomic mass is 10.5. The van der Waals surface area contributed by atoms with Crippen LogP contribution >= 0.6 is 11.3 Å². The van der Waals surface area contributed by atoms with Gasteiger partial charge >= 0.3 is 0 Å². The summed E-state index contributed by atoms with van der Waals surface area (Å²) < 4.78 is 1.39. The number of hydrogen-bond donors (Lipinski definition) is 2. The molecule has 0 fully saturated rings. The van der Waals surface area contributed by atoms with Crippen molar-refractivity contribution in [2.45, 2.75) is 20.0 Å². The van der Waals surface area contributed by atoms with E-state index in [-0.39, 0.29) is 18.4 Å². The Balaban J connectivity index is 1.82. The van der Waals surface area contributed by atoms with E-state index in [1.807, 2.05) is 6.92 Å². The van der Waals surface area contributed by atoms with E-state index in [1.165, 1.54) is 11.0 Å².